The predicted molar refractivity (Wildman–Crippen MR) is 75.1 cm³/mol. The van der Waals surface area contributed by atoms with Crippen LogP contribution in [-0.2, 0) is 4.74 Å². The van der Waals surface area contributed by atoms with Gasteiger partial charge in [-0.25, -0.2) is 4.79 Å². The van der Waals surface area contributed by atoms with E-state index in [-0.39, 0.29) is 18.9 Å². The molecule has 0 aliphatic carbocycles. The van der Waals surface area contributed by atoms with E-state index in [1.807, 2.05) is 0 Å². The summed E-state index contributed by atoms with van der Waals surface area (Å²) in [6.07, 6.45) is 0.601. The van der Waals surface area contributed by atoms with E-state index in [9.17, 15) is 9.59 Å². The van der Waals surface area contributed by atoms with Crippen LogP contribution in [0, 0.1) is 13.8 Å². The molecule has 1 aromatic rings. The van der Waals surface area contributed by atoms with Gasteiger partial charge in [-0.2, -0.15) is 0 Å². The first-order valence-corrected chi connectivity index (χ1v) is 6.74. The number of hydrogen-bond acceptors (Lipinski definition) is 5. The number of ether oxygens (including phenoxy) is 1. The molecule has 1 aromatic heterocycles. The van der Waals surface area contributed by atoms with Gasteiger partial charge in [-0.05, 0) is 39.3 Å². The fourth-order valence-electron chi connectivity index (χ4n) is 2.03. The van der Waals surface area contributed by atoms with Crippen LogP contribution in [0.25, 0.3) is 0 Å². The normalized spacial score (nSPS) is 10.6. The summed E-state index contributed by atoms with van der Waals surface area (Å²) in [5.74, 6) is -0.523. The van der Waals surface area contributed by atoms with Gasteiger partial charge in [-0.15, -0.1) is 0 Å². The van der Waals surface area contributed by atoms with Crippen LogP contribution in [0.15, 0.2) is 0 Å². The third kappa shape index (κ3) is 3.91. The maximum atomic E-state index is 12.1. The molecular formula is C14H22N2O4. The Bertz CT molecular complexity index is 480. The van der Waals surface area contributed by atoms with Crippen LogP contribution in [0.1, 0.15) is 45.4 Å². The number of rotatable bonds is 8. The molecule has 0 bridgehead atoms. The highest BCUT2D eigenvalue weighted by molar-refractivity contribution is 6.02. The molecular weight excluding hydrogens is 260 g/mol. The zero-order valence-electron chi connectivity index (χ0n) is 12.2. The predicted octanol–water partition coefficient (Wildman–Crippen LogP) is 0.963. The molecule has 20 heavy (non-hydrogen) atoms. The molecule has 0 aliphatic heterocycles. The number of Topliss-reactive ketones (excluding diaryl/α,β-unsaturated/α-hetero) is 1. The number of carbonyl (C=O) groups excluding carboxylic acids is 2. The summed E-state index contributed by atoms with van der Waals surface area (Å²) < 4.78 is 4.98. The van der Waals surface area contributed by atoms with E-state index >= 15 is 0 Å². The molecule has 0 radical (unpaired) electrons. The smallest absolute Gasteiger partial charge is 0.340 e. The van der Waals surface area contributed by atoms with E-state index in [4.69, 9.17) is 9.84 Å². The lowest BCUT2D eigenvalue weighted by molar-refractivity contribution is 0.0525. The van der Waals surface area contributed by atoms with Crippen molar-refractivity contribution in [3.63, 3.8) is 0 Å². The first kappa shape index (κ1) is 16.4. The zero-order valence-corrected chi connectivity index (χ0v) is 12.2. The summed E-state index contributed by atoms with van der Waals surface area (Å²) in [6.45, 7) is 6.36. The summed E-state index contributed by atoms with van der Waals surface area (Å²) in [6, 6.07) is 0. The lowest BCUT2D eigenvalue weighted by atomic mass is 10.1. The number of carbonyl (C=O) groups is 2. The molecule has 112 valence electrons. The topological polar surface area (TPSA) is 91.4 Å². The number of nitrogens with one attached hydrogen (secondary N) is 2. The molecule has 6 nitrogen and oxygen atoms in total. The van der Waals surface area contributed by atoms with Crippen LogP contribution in [0.3, 0.4) is 0 Å². The van der Waals surface area contributed by atoms with Gasteiger partial charge >= 0.3 is 5.97 Å². The molecule has 1 heterocycles. The average molecular weight is 282 g/mol. The first-order valence-electron chi connectivity index (χ1n) is 6.74. The van der Waals surface area contributed by atoms with Crippen molar-refractivity contribution in [1.82, 2.24) is 10.3 Å². The second kappa shape index (κ2) is 7.81. The number of H-pyrrole nitrogens is 1. The van der Waals surface area contributed by atoms with Gasteiger partial charge in [-0.1, -0.05) is 0 Å². The Morgan fingerprint density at radius 2 is 2.05 bits per heavy atom. The van der Waals surface area contributed by atoms with Gasteiger partial charge in [0.1, 0.15) is 0 Å². The number of aromatic nitrogens is 1. The number of ketones is 1. The number of hydrogen-bond donors (Lipinski definition) is 3. The largest absolute Gasteiger partial charge is 0.462 e. The second-order valence-electron chi connectivity index (χ2n) is 4.52. The van der Waals surface area contributed by atoms with Crippen molar-refractivity contribution in [3.8, 4) is 0 Å². The summed E-state index contributed by atoms with van der Waals surface area (Å²) >= 11 is 0. The quantitative estimate of drug-likeness (QED) is 0.375. The molecule has 1 rings (SSSR count). The standard InChI is InChI=1S/C14H22N2O4/c1-4-20-14(19)12-9(2)13(16-10(12)3)11(18)8-15-6-5-7-17/h15-17H,4-8H2,1-3H3. The highest BCUT2D eigenvalue weighted by atomic mass is 16.5. The van der Waals surface area contributed by atoms with E-state index in [1.54, 1.807) is 20.8 Å². The van der Waals surface area contributed by atoms with Crippen molar-refractivity contribution in [2.45, 2.75) is 27.2 Å². The van der Waals surface area contributed by atoms with E-state index in [1.165, 1.54) is 0 Å². The lowest BCUT2D eigenvalue weighted by Gasteiger charge is -2.04. The minimum atomic E-state index is -0.411. The highest BCUT2D eigenvalue weighted by Gasteiger charge is 2.22. The average Bonchev–Trinajstić information content (AvgIpc) is 2.70. The number of esters is 1. The first-order chi connectivity index (χ1) is 9.52. The molecule has 0 aliphatic rings. The lowest BCUT2D eigenvalue weighted by Crippen LogP contribution is -2.25. The number of aryl methyl sites for hydroxylation is 1. The Hall–Kier alpha value is -1.66. The molecule has 0 amide bonds. The van der Waals surface area contributed by atoms with Gasteiger partial charge in [0.2, 0.25) is 0 Å². The van der Waals surface area contributed by atoms with Crippen LogP contribution < -0.4 is 5.32 Å². The number of aliphatic hydroxyl groups is 1. The van der Waals surface area contributed by atoms with E-state index in [2.05, 4.69) is 10.3 Å². The fraction of sp³-hybridized carbons (Fsp3) is 0.571. The van der Waals surface area contributed by atoms with Crippen LogP contribution in [-0.4, -0.2) is 48.1 Å². The number of aromatic amines is 1. The van der Waals surface area contributed by atoms with Crippen LogP contribution in [0.5, 0.6) is 0 Å². The summed E-state index contributed by atoms with van der Waals surface area (Å²) in [7, 11) is 0. The summed E-state index contributed by atoms with van der Waals surface area (Å²) in [4.78, 5) is 26.8. The molecule has 0 saturated heterocycles. The minimum Gasteiger partial charge on any atom is -0.462 e. The highest BCUT2D eigenvalue weighted by Crippen LogP contribution is 2.19. The minimum absolute atomic E-state index is 0.0921. The second-order valence-corrected chi connectivity index (χ2v) is 4.52. The Balaban J connectivity index is 2.79. The Morgan fingerprint density at radius 3 is 2.65 bits per heavy atom. The van der Waals surface area contributed by atoms with Gasteiger partial charge in [0.05, 0.1) is 24.4 Å². The summed E-state index contributed by atoms with van der Waals surface area (Å²) in [5.41, 5.74) is 2.13. The Kier molecular flexibility index (Phi) is 6.41. The third-order valence-electron chi connectivity index (χ3n) is 2.99. The van der Waals surface area contributed by atoms with Gasteiger partial charge in [0.15, 0.2) is 5.78 Å². The van der Waals surface area contributed by atoms with Crippen LogP contribution in [0.4, 0.5) is 0 Å². The van der Waals surface area contributed by atoms with E-state index < -0.39 is 5.97 Å². The maximum absolute atomic E-state index is 12.1. The van der Waals surface area contributed by atoms with Gasteiger partial charge in [0, 0.05) is 12.3 Å². The van der Waals surface area contributed by atoms with Crippen LogP contribution in [0.2, 0.25) is 0 Å². The van der Waals surface area contributed by atoms with Crippen LogP contribution >= 0.6 is 0 Å². The third-order valence-corrected chi connectivity index (χ3v) is 2.99. The molecule has 0 spiro atoms. The molecule has 0 atom stereocenters. The molecule has 6 heteroatoms. The SMILES string of the molecule is CCOC(=O)c1c(C)[nH]c(C(=O)CNCCCO)c1C. The fourth-order valence-corrected chi connectivity index (χ4v) is 2.03. The van der Waals surface area contributed by atoms with Gasteiger partial charge in [-0.3, -0.25) is 4.79 Å². The van der Waals surface area contributed by atoms with Gasteiger partial charge in [0.25, 0.3) is 0 Å². The molecule has 0 unspecified atom stereocenters. The van der Waals surface area contributed by atoms with Crippen molar-refractivity contribution < 1.29 is 19.4 Å². The molecule has 3 N–H and O–H groups in total. The number of aliphatic hydroxyl groups excluding tert-OH is 1. The van der Waals surface area contributed by atoms with Crippen molar-refractivity contribution >= 4 is 11.8 Å². The van der Waals surface area contributed by atoms with Crippen molar-refractivity contribution in [3.05, 3.63) is 22.5 Å². The maximum Gasteiger partial charge on any atom is 0.340 e. The van der Waals surface area contributed by atoms with Gasteiger partial charge < -0.3 is 20.1 Å². The molecule has 0 saturated carbocycles. The van der Waals surface area contributed by atoms with Crippen molar-refractivity contribution in [2.75, 3.05) is 26.3 Å². The monoisotopic (exact) mass is 282 g/mol. The Labute approximate surface area is 118 Å². The molecule has 0 aromatic carbocycles. The Morgan fingerprint density at radius 1 is 1.35 bits per heavy atom. The van der Waals surface area contributed by atoms with Crippen molar-refractivity contribution in [2.24, 2.45) is 0 Å². The zero-order chi connectivity index (χ0) is 15.1. The van der Waals surface area contributed by atoms with E-state index in [0.717, 1.165) is 0 Å². The molecule has 0 fully saturated rings. The summed E-state index contributed by atoms with van der Waals surface area (Å²) in [5, 5.41) is 11.6. The van der Waals surface area contributed by atoms with E-state index in [0.29, 0.717) is 42.1 Å². The van der Waals surface area contributed by atoms with Crippen molar-refractivity contribution in [1.29, 1.82) is 0 Å².